The van der Waals surface area contributed by atoms with Crippen LogP contribution < -0.4 is 10.0 Å². The second kappa shape index (κ2) is 8.07. The monoisotopic (exact) mass is 415 g/mol. The van der Waals surface area contributed by atoms with Crippen molar-refractivity contribution in [2.24, 2.45) is 0 Å². The van der Waals surface area contributed by atoms with E-state index in [4.69, 9.17) is 0 Å². The Bertz CT molecular complexity index is 1170. The number of nitrogens with zero attached hydrogens (tertiary/aromatic N) is 1. The number of sulfonamides is 1. The van der Waals surface area contributed by atoms with Gasteiger partial charge in [0.15, 0.2) is 0 Å². The van der Waals surface area contributed by atoms with Crippen molar-refractivity contribution in [3.05, 3.63) is 94.3 Å². The van der Waals surface area contributed by atoms with Crippen LogP contribution in [0.4, 0.5) is 21.5 Å². The SMILES string of the molecule is O=C(Nc1ccc(F)c([N+](=O)[O-])c1)c1ccc(NS(=O)(=O)c2ccccc2)cc1. The molecule has 3 aromatic rings. The molecule has 0 spiro atoms. The van der Waals surface area contributed by atoms with Crippen LogP contribution in [0.2, 0.25) is 0 Å². The lowest BCUT2D eigenvalue weighted by Gasteiger charge is -2.09. The second-order valence-electron chi connectivity index (χ2n) is 5.87. The van der Waals surface area contributed by atoms with E-state index in [0.717, 1.165) is 12.1 Å². The van der Waals surface area contributed by atoms with E-state index in [-0.39, 0.29) is 21.8 Å². The summed E-state index contributed by atoms with van der Waals surface area (Å²) >= 11 is 0. The molecule has 0 radical (unpaired) electrons. The normalized spacial score (nSPS) is 10.9. The Morgan fingerprint density at radius 1 is 0.931 bits per heavy atom. The maximum Gasteiger partial charge on any atom is 0.306 e. The van der Waals surface area contributed by atoms with Crippen molar-refractivity contribution in [2.45, 2.75) is 4.90 Å². The Kier molecular flexibility index (Phi) is 5.55. The van der Waals surface area contributed by atoms with Crippen molar-refractivity contribution < 1.29 is 22.5 Å². The molecule has 0 saturated heterocycles. The van der Waals surface area contributed by atoms with Crippen LogP contribution in [0.1, 0.15) is 10.4 Å². The van der Waals surface area contributed by atoms with Gasteiger partial charge in [-0.1, -0.05) is 18.2 Å². The molecule has 10 heteroatoms. The summed E-state index contributed by atoms with van der Waals surface area (Å²) in [4.78, 5) is 22.3. The fraction of sp³-hybridized carbons (Fsp3) is 0. The van der Waals surface area contributed by atoms with Gasteiger partial charge in [0, 0.05) is 23.0 Å². The van der Waals surface area contributed by atoms with Gasteiger partial charge < -0.3 is 5.32 Å². The van der Waals surface area contributed by atoms with Crippen molar-refractivity contribution >= 4 is 33.0 Å². The molecule has 0 saturated carbocycles. The van der Waals surface area contributed by atoms with Crippen molar-refractivity contribution in [3.63, 3.8) is 0 Å². The van der Waals surface area contributed by atoms with E-state index >= 15 is 0 Å². The first kappa shape index (κ1) is 20.0. The van der Waals surface area contributed by atoms with Crippen LogP contribution >= 0.6 is 0 Å². The number of anilines is 2. The molecule has 3 aromatic carbocycles. The van der Waals surface area contributed by atoms with E-state index in [1.54, 1.807) is 18.2 Å². The molecule has 0 heterocycles. The highest BCUT2D eigenvalue weighted by Gasteiger charge is 2.17. The number of nitrogens with one attached hydrogen (secondary N) is 2. The first-order valence-electron chi connectivity index (χ1n) is 8.19. The number of amides is 1. The first-order valence-corrected chi connectivity index (χ1v) is 9.68. The highest BCUT2D eigenvalue weighted by atomic mass is 32.2. The van der Waals surface area contributed by atoms with E-state index in [0.29, 0.717) is 0 Å². The number of nitro benzene ring substituents is 1. The van der Waals surface area contributed by atoms with Crippen LogP contribution in [0.25, 0.3) is 0 Å². The average Bonchev–Trinajstić information content (AvgIpc) is 2.70. The van der Waals surface area contributed by atoms with E-state index < -0.39 is 32.4 Å². The molecular formula is C19H14FN3O5S. The molecule has 0 fully saturated rings. The molecule has 3 rings (SSSR count). The molecule has 0 aromatic heterocycles. The largest absolute Gasteiger partial charge is 0.322 e. The maximum absolute atomic E-state index is 13.4. The molecule has 1 amide bonds. The Labute approximate surface area is 165 Å². The molecule has 0 aliphatic carbocycles. The Morgan fingerprint density at radius 2 is 1.55 bits per heavy atom. The minimum atomic E-state index is -3.76. The van der Waals surface area contributed by atoms with Gasteiger partial charge in [-0.05, 0) is 48.5 Å². The lowest BCUT2D eigenvalue weighted by atomic mass is 10.2. The van der Waals surface area contributed by atoms with Crippen LogP contribution in [-0.4, -0.2) is 19.2 Å². The van der Waals surface area contributed by atoms with Crippen LogP contribution in [0.3, 0.4) is 0 Å². The van der Waals surface area contributed by atoms with E-state index in [1.165, 1.54) is 42.5 Å². The van der Waals surface area contributed by atoms with Crippen LogP contribution in [0.5, 0.6) is 0 Å². The van der Waals surface area contributed by atoms with Crippen LogP contribution in [0.15, 0.2) is 77.7 Å². The summed E-state index contributed by atoms with van der Waals surface area (Å²) in [6, 6.07) is 16.4. The summed E-state index contributed by atoms with van der Waals surface area (Å²) < 4.78 is 40.4. The predicted molar refractivity (Wildman–Crippen MR) is 105 cm³/mol. The molecule has 0 aliphatic heterocycles. The van der Waals surface area contributed by atoms with Crippen molar-refractivity contribution in [1.82, 2.24) is 0 Å². The Hall–Kier alpha value is -3.79. The summed E-state index contributed by atoms with van der Waals surface area (Å²) in [6.45, 7) is 0. The van der Waals surface area contributed by atoms with Gasteiger partial charge in [0.05, 0.1) is 9.82 Å². The number of hydrogen-bond donors (Lipinski definition) is 2. The highest BCUT2D eigenvalue weighted by molar-refractivity contribution is 7.92. The van der Waals surface area contributed by atoms with Gasteiger partial charge >= 0.3 is 5.69 Å². The average molecular weight is 415 g/mol. The smallest absolute Gasteiger partial charge is 0.306 e. The Balaban J connectivity index is 1.72. The summed E-state index contributed by atoms with van der Waals surface area (Å²) in [5, 5.41) is 13.2. The number of hydrogen-bond acceptors (Lipinski definition) is 5. The molecule has 148 valence electrons. The molecule has 29 heavy (non-hydrogen) atoms. The first-order chi connectivity index (χ1) is 13.8. The van der Waals surface area contributed by atoms with E-state index in [1.807, 2.05) is 0 Å². The fourth-order valence-corrected chi connectivity index (χ4v) is 3.52. The summed E-state index contributed by atoms with van der Waals surface area (Å²) in [5.74, 6) is -1.61. The van der Waals surface area contributed by atoms with Crippen LogP contribution in [0, 0.1) is 15.9 Å². The number of carbonyl (C=O) groups is 1. The van der Waals surface area contributed by atoms with Gasteiger partial charge in [0.2, 0.25) is 5.82 Å². The minimum Gasteiger partial charge on any atom is -0.322 e. The third-order valence-electron chi connectivity index (χ3n) is 3.85. The summed E-state index contributed by atoms with van der Waals surface area (Å²) in [7, 11) is -3.76. The number of rotatable bonds is 6. The topological polar surface area (TPSA) is 118 Å². The van der Waals surface area contributed by atoms with Gasteiger partial charge in [-0.25, -0.2) is 8.42 Å². The maximum atomic E-state index is 13.4. The number of nitro groups is 1. The Morgan fingerprint density at radius 3 is 2.17 bits per heavy atom. The third-order valence-corrected chi connectivity index (χ3v) is 5.25. The highest BCUT2D eigenvalue weighted by Crippen LogP contribution is 2.22. The second-order valence-corrected chi connectivity index (χ2v) is 7.56. The predicted octanol–water partition coefficient (Wildman–Crippen LogP) is 3.79. The van der Waals surface area contributed by atoms with Crippen molar-refractivity contribution in [2.75, 3.05) is 10.0 Å². The summed E-state index contributed by atoms with van der Waals surface area (Å²) in [6.07, 6.45) is 0. The summed E-state index contributed by atoms with van der Waals surface area (Å²) in [5.41, 5.74) is -0.270. The van der Waals surface area contributed by atoms with Gasteiger partial charge in [0.25, 0.3) is 15.9 Å². The van der Waals surface area contributed by atoms with Gasteiger partial charge in [-0.15, -0.1) is 0 Å². The molecule has 2 N–H and O–H groups in total. The van der Waals surface area contributed by atoms with Crippen molar-refractivity contribution in [1.29, 1.82) is 0 Å². The van der Waals surface area contributed by atoms with E-state index in [2.05, 4.69) is 10.0 Å². The molecule has 0 bridgehead atoms. The lowest BCUT2D eigenvalue weighted by molar-refractivity contribution is -0.387. The number of carbonyl (C=O) groups excluding carboxylic acids is 1. The van der Waals surface area contributed by atoms with Gasteiger partial charge in [0.1, 0.15) is 0 Å². The number of benzene rings is 3. The zero-order valence-corrected chi connectivity index (χ0v) is 15.5. The van der Waals surface area contributed by atoms with E-state index in [9.17, 15) is 27.7 Å². The number of halogens is 1. The fourth-order valence-electron chi connectivity index (χ4n) is 2.44. The zero-order valence-electron chi connectivity index (χ0n) is 14.7. The van der Waals surface area contributed by atoms with Crippen molar-refractivity contribution in [3.8, 4) is 0 Å². The molecule has 0 unspecified atom stereocenters. The quantitative estimate of drug-likeness (QED) is 0.469. The van der Waals surface area contributed by atoms with Gasteiger partial charge in [-0.2, -0.15) is 4.39 Å². The molecule has 0 aliphatic rings. The standard InChI is InChI=1S/C19H14FN3O5S/c20-17-11-10-15(12-18(17)23(25)26)21-19(24)13-6-8-14(9-7-13)22-29(27,28)16-4-2-1-3-5-16/h1-12,22H,(H,21,24). The molecule has 8 nitrogen and oxygen atoms in total. The lowest BCUT2D eigenvalue weighted by Crippen LogP contribution is -2.14. The molecule has 0 atom stereocenters. The van der Waals surface area contributed by atoms with Gasteiger partial charge in [-0.3, -0.25) is 19.6 Å². The minimum absolute atomic E-state index is 0.0527. The molecular weight excluding hydrogens is 401 g/mol. The third kappa shape index (κ3) is 4.74. The zero-order chi connectivity index (χ0) is 21.0. The van der Waals surface area contributed by atoms with Crippen LogP contribution in [-0.2, 0) is 10.0 Å².